The van der Waals surface area contributed by atoms with Crippen molar-refractivity contribution in [1.82, 2.24) is 4.98 Å². The summed E-state index contributed by atoms with van der Waals surface area (Å²) in [5.41, 5.74) is 4.75. The highest BCUT2D eigenvalue weighted by molar-refractivity contribution is 5.98. The first-order valence-electron chi connectivity index (χ1n) is 9.55. The van der Waals surface area contributed by atoms with E-state index in [1.165, 1.54) is 7.11 Å². The fraction of sp³-hybridized carbons (Fsp3) is 0.391. The molecule has 0 N–H and O–H groups in total. The lowest BCUT2D eigenvalue weighted by atomic mass is 10.1. The number of benzene rings is 1. The average molecular weight is 385 g/mol. The fourth-order valence-electron chi connectivity index (χ4n) is 2.57. The topological polar surface area (TPSA) is 52.9 Å². The van der Waals surface area contributed by atoms with Crippen molar-refractivity contribution < 1.29 is 14.3 Å². The largest absolute Gasteiger partial charge is 0.490 e. The molecular weight excluding hydrogens is 352 g/mol. The van der Waals surface area contributed by atoms with Gasteiger partial charge in [-0.05, 0) is 57.0 Å². The summed E-state index contributed by atoms with van der Waals surface area (Å²) in [5, 5.41) is 3.94. The summed E-state index contributed by atoms with van der Waals surface area (Å²) in [6.45, 7) is 12.9. The predicted molar refractivity (Wildman–Crippen MR) is 115 cm³/mol. The summed E-state index contributed by atoms with van der Waals surface area (Å²) in [6.07, 6.45) is 7.50. The molecule has 2 rings (SSSR count). The molecule has 1 aromatic carbocycles. The molecule has 152 valence electrons. The number of pyridine rings is 1. The maximum atomic E-state index is 6.05. The van der Waals surface area contributed by atoms with E-state index < -0.39 is 0 Å². The van der Waals surface area contributed by atoms with Gasteiger partial charge in [0.25, 0.3) is 0 Å². The molecule has 2 aromatic rings. The van der Waals surface area contributed by atoms with E-state index in [0.29, 0.717) is 13.2 Å². The molecule has 0 radical (unpaired) electrons. The van der Waals surface area contributed by atoms with Crippen molar-refractivity contribution in [3.63, 3.8) is 0 Å². The molecule has 28 heavy (non-hydrogen) atoms. The van der Waals surface area contributed by atoms with E-state index in [1.54, 1.807) is 12.4 Å². The molecule has 0 aliphatic heterocycles. The normalized spacial score (nSPS) is 11.0. The first kappa shape index (κ1) is 23.2. The highest BCUT2D eigenvalue weighted by Crippen LogP contribution is 2.29. The number of hydrogen-bond acceptors (Lipinski definition) is 5. The van der Waals surface area contributed by atoms with Crippen LogP contribution in [0.5, 0.6) is 11.5 Å². The highest BCUT2D eigenvalue weighted by atomic mass is 16.6. The molecule has 1 heterocycles. The van der Waals surface area contributed by atoms with Crippen molar-refractivity contribution in [2.24, 2.45) is 5.16 Å². The van der Waals surface area contributed by atoms with Gasteiger partial charge in [-0.3, -0.25) is 4.98 Å². The minimum absolute atomic E-state index is 0.432. The van der Waals surface area contributed by atoms with Crippen molar-refractivity contribution in [2.45, 2.75) is 48.1 Å². The number of ether oxygens (including phenoxy) is 2. The number of rotatable bonds is 8. The van der Waals surface area contributed by atoms with Gasteiger partial charge in [-0.1, -0.05) is 31.2 Å². The number of nitrogens with zero attached hydrogens (tertiary/aromatic N) is 2. The Morgan fingerprint density at radius 3 is 2.36 bits per heavy atom. The van der Waals surface area contributed by atoms with Gasteiger partial charge < -0.3 is 14.3 Å². The SMILES string of the molecule is C/C=C/COc1cc(C)c(OCc2cncc(C(C)=NOC)c2)c(C)c1.CC. The molecule has 0 spiro atoms. The monoisotopic (exact) mass is 384 g/mol. The zero-order chi connectivity index (χ0) is 20.9. The summed E-state index contributed by atoms with van der Waals surface area (Å²) < 4.78 is 11.8. The Kier molecular flexibility index (Phi) is 10.4. The van der Waals surface area contributed by atoms with Crippen molar-refractivity contribution in [3.8, 4) is 11.5 Å². The van der Waals surface area contributed by atoms with Crippen LogP contribution in [0.4, 0.5) is 0 Å². The molecule has 1 aromatic heterocycles. The first-order chi connectivity index (χ1) is 13.5. The molecule has 0 unspecified atom stereocenters. The van der Waals surface area contributed by atoms with E-state index in [1.807, 2.05) is 71.9 Å². The lowest BCUT2D eigenvalue weighted by Crippen LogP contribution is -2.03. The maximum Gasteiger partial charge on any atom is 0.125 e. The fourth-order valence-corrected chi connectivity index (χ4v) is 2.57. The van der Waals surface area contributed by atoms with Gasteiger partial charge in [0.2, 0.25) is 0 Å². The third kappa shape index (κ3) is 7.06. The van der Waals surface area contributed by atoms with E-state index in [2.05, 4.69) is 10.1 Å². The smallest absolute Gasteiger partial charge is 0.125 e. The third-order valence-electron chi connectivity index (χ3n) is 3.84. The zero-order valence-electron chi connectivity index (χ0n) is 18.1. The Bertz CT molecular complexity index is 775. The van der Waals surface area contributed by atoms with Crippen LogP contribution >= 0.6 is 0 Å². The second-order valence-electron chi connectivity index (χ2n) is 6.00. The summed E-state index contributed by atoms with van der Waals surface area (Å²) >= 11 is 0. The van der Waals surface area contributed by atoms with Gasteiger partial charge in [0.15, 0.2) is 0 Å². The number of allylic oxidation sites excluding steroid dienone is 1. The van der Waals surface area contributed by atoms with Crippen LogP contribution < -0.4 is 9.47 Å². The molecule has 0 atom stereocenters. The van der Waals surface area contributed by atoms with E-state index in [-0.39, 0.29) is 0 Å². The average Bonchev–Trinajstić information content (AvgIpc) is 2.69. The van der Waals surface area contributed by atoms with Crippen molar-refractivity contribution in [1.29, 1.82) is 0 Å². The zero-order valence-corrected chi connectivity index (χ0v) is 18.1. The van der Waals surface area contributed by atoms with Crippen LogP contribution in [0.15, 0.2) is 47.9 Å². The van der Waals surface area contributed by atoms with Crippen LogP contribution in [0.25, 0.3) is 0 Å². The van der Waals surface area contributed by atoms with E-state index in [4.69, 9.17) is 14.3 Å². The number of hydrogen-bond donors (Lipinski definition) is 0. The summed E-state index contributed by atoms with van der Waals surface area (Å²) in [7, 11) is 1.53. The van der Waals surface area contributed by atoms with Gasteiger partial charge in [0.1, 0.15) is 31.8 Å². The Morgan fingerprint density at radius 2 is 1.75 bits per heavy atom. The Balaban J connectivity index is 0.00000190. The lowest BCUT2D eigenvalue weighted by Gasteiger charge is -2.14. The molecular formula is C23H32N2O3. The maximum absolute atomic E-state index is 6.05. The molecule has 0 fully saturated rings. The van der Waals surface area contributed by atoms with E-state index in [0.717, 1.165) is 39.5 Å². The molecule has 5 nitrogen and oxygen atoms in total. The molecule has 0 amide bonds. The van der Waals surface area contributed by atoms with Crippen LogP contribution in [0.2, 0.25) is 0 Å². The third-order valence-corrected chi connectivity index (χ3v) is 3.84. The van der Waals surface area contributed by atoms with Gasteiger partial charge in [0.05, 0.1) is 5.71 Å². The molecule has 0 saturated carbocycles. The number of oxime groups is 1. The van der Waals surface area contributed by atoms with Crippen molar-refractivity contribution >= 4 is 5.71 Å². The molecule has 0 bridgehead atoms. The van der Waals surface area contributed by atoms with Gasteiger partial charge in [-0.15, -0.1) is 0 Å². The minimum atomic E-state index is 0.432. The number of aryl methyl sites for hydroxylation is 2. The second-order valence-corrected chi connectivity index (χ2v) is 6.00. The van der Waals surface area contributed by atoms with Crippen molar-refractivity contribution in [3.05, 3.63) is 65.0 Å². The second kappa shape index (κ2) is 12.5. The van der Waals surface area contributed by atoms with E-state index in [9.17, 15) is 0 Å². The minimum Gasteiger partial charge on any atom is -0.490 e. The number of aromatic nitrogens is 1. The molecule has 0 saturated heterocycles. The summed E-state index contributed by atoms with van der Waals surface area (Å²) in [5.74, 6) is 1.72. The Morgan fingerprint density at radius 1 is 1.07 bits per heavy atom. The predicted octanol–water partition coefficient (Wildman–Crippen LogP) is 5.63. The molecule has 0 aliphatic rings. The summed E-state index contributed by atoms with van der Waals surface area (Å²) in [6, 6.07) is 6.00. The highest BCUT2D eigenvalue weighted by Gasteiger charge is 2.09. The molecule has 0 aliphatic carbocycles. The van der Waals surface area contributed by atoms with E-state index >= 15 is 0 Å². The summed E-state index contributed by atoms with van der Waals surface area (Å²) in [4.78, 5) is 9.08. The van der Waals surface area contributed by atoms with Gasteiger partial charge in [-0.25, -0.2) is 0 Å². The Labute approximate surface area is 169 Å². The van der Waals surface area contributed by atoms with Crippen molar-refractivity contribution in [2.75, 3.05) is 13.7 Å². The van der Waals surface area contributed by atoms with Crippen LogP contribution in [-0.4, -0.2) is 24.4 Å². The van der Waals surface area contributed by atoms with Gasteiger partial charge in [-0.2, -0.15) is 0 Å². The van der Waals surface area contributed by atoms with Crippen LogP contribution in [-0.2, 0) is 11.4 Å². The molecule has 5 heteroatoms. The Hall–Kier alpha value is -2.82. The van der Waals surface area contributed by atoms with Crippen LogP contribution in [0.1, 0.15) is 49.9 Å². The first-order valence-corrected chi connectivity index (χ1v) is 9.55. The standard InChI is InChI=1S/C21H26N2O3.C2H6/c1-6-7-8-25-20-9-15(2)21(16(3)10-20)26-14-18-11-19(13-22-12-18)17(4)23-24-5;1-2/h6-7,9-13H,8,14H2,1-5H3;1-2H3/b7-6+,23-17?;. The quantitative estimate of drug-likeness (QED) is 0.336. The van der Waals surface area contributed by atoms with Crippen LogP contribution in [0.3, 0.4) is 0 Å². The van der Waals surface area contributed by atoms with Crippen LogP contribution in [0, 0.1) is 13.8 Å². The van der Waals surface area contributed by atoms with Gasteiger partial charge in [0, 0.05) is 23.5 Å². The lowest BCUT2D eigenvalue weighted by molar-refractivity contribution is 0.213. The van der Waals surface area contributed by atoms with Gasteiger partial charge >= 0.3 is 0 Å².